The summed E-state index contributed by atoms with van der Waals surface area (Å²) in [4.78, 5) is 19.6. The zero-order valence-corrected chi connectivity index (χ0v) is 11.3. The first kappa shape index (κ1) is 12.1. The van der Waals surface area contributed by atoms with Gasteiger partial charge in [-0.15, -0.1) is 0 Å². The monoisotopic (exact) mass is 273 g/mol. The Bertz CT molecular complexity index is 544. The molecule has 4 bridgehead atoms. The number of hydrogen-bond donors (Lipinski definition) is 2. The lowest BCUT2D eigenvalue weighted by Gasteiger charge is -2.54. The van der Waals surface area contributed by atoms with Crippen molar-refractivity contribution in [2.45, 2.75) is 38.0 Å². The molecule has 0 spiro atoms. The second kappa shape index (κ2) is 4.17. The molecule has 0 amide bonds. The Morgan fingerprint density at radius 2 is 1.75 bits per heavy atom. The van der Waals surface area contributed by atoms with E-state index in [4.69, 9.17) is 10.8 Å². The fourth-order valence-corrected chi connectivity index (χ4v) is 5.14. The Morgan fingerprint density at radius 3 is 2.30 bits per heavy atom. The number of aromatic carboxylic acids is 1. The molecule has 5 rings (SSSR count). The fourth-order valence-electron chi connectivity index (χ4n) is 5.14. The van der Waals surface area contributed by atoms with Gasteiger partial charge in [0.15, 0.2) is 11.5 Å². The predicted molar refractivity (Wildman–Crippen MR) is 73.2 cm³/mol. The van der Waals surface area contributed by atoms with E-state index in [2.05, 4.69) is 9.97 Å². The highest BCUT2D eigenvalue weighted by molar-refractivity contribution is 5.90. The van der Waals surface area contributed by atoms with Gasteiger partial charge >= 0.3 is 5.97 Å². The molecule has 1 aromatic heterocycles. The van der Waals surface area contributed by atoms with E-state index in [-0.39, 0.29) is 11.5 Å². The molecule has 5 heteroatoms. The summed E-state index contributed by atoms with van der Waals surface area (Å²) in [5.74, 6) is 2.47. The zero-order valence-electron chi connectivity index (χ0n) is 11.3. The molecule has 4 saturated carbocycles. The highest BCUT2D eigenvalue weighted by Gasteiger charge is 2.49. The molecule has 5 nitrogen and oxygen atoms in total. The lowest BCUT2D eigenvalue weighted by atomic mass is 9.51. The molecule has 0 radical (unpaired) electrons. The van der Waals surface area contributed by atoms with Crippen LogP contribution in [0.2, 0.25) is 0 Å². The number of carboxylic acids is 1. The lowest BCUT2D eigenvalue weighted by Crippen LogP contribution is -2.44. The molecule has 106 valence electrons. The SMILES string of the molecule is Nc1ncc(C2C3CC4CC(C3)CC2C4)nc1C(=O)O. The zero-order chi connectivity index (χ0) is 13.9. The second-order valence-corrected chi connectivity index (χ2v) is 6.79. The van der Waals surface area contributed by atoms with Crippen molar-refractivity contribution in [3.05, 3.63) is 17.6 Å². The molecule has 4 aliphatic rings. The van der Waals surface area contributed by atoms with Crippen molar-refractivity contribution in [1.29, 1.82) is 0 Å². The molecule has 0 atom stereocenters. The largest absolute Gasteiger partial charge is 0.476 e. The van der Waals surface area contributed by atoms with Crippen LogP contribution in [0.15, 0.2) is 6.20 Å². The van der Waals surface area contributed by atoms with E-state index in [1.165, 1.54) is 32.1 Å². The summed E-state index contributed by atoms with van der Waals surface area (Å²) in [6.45, 7) is 0. The van der Waals surface area contributed by atoms with Gasteiger partial charge in [-0.2, -0.15) is 0 Å². The van der Waals surface area contributed by atoms with Crippen LogP contribution in [0.4, 0.5) is 5.82 Å². The number of nitrogens with zero attached hydrogens (tertiary/aromatic N) is 2. The van der Waals surface area contributed by atoms with E-state index in [0.29, 0.717) is 17.8 Å². The van der Waals surface area contributed by atoms with Gasteiger partial charge in [0.2, 0.25) is 0 Å². The Morgan fingerprint density at radius 1 is 1.15 bits per heavy atom. The molecule has 4 fully saturated rings. The normalized spacial score (nSPS) is 38.1. The third kappa shape index (κ3) is 1.72. The summed E-state index contributed by atoms with van der Waals surface area (Å²) in [6, 6.07) is 0. The van der Waals surface area contributed by atoms with Crippen molar-refractivity contribution in [3.8, 4) is 0 Å². The summed E-state index contributed by atoms with van der Waals surface area (Å²) < 4.78 is 0. The average molecular weight is 273 g/mol. The standard InChI is InChI=1S/C15H19N3O2/c16-14-13(15(19)20)18-11(6-17-14)12-9-2-7-1-8(4-9)5-10(12)3-7/h6-10,12H,1-5H2,(H2,16,17)(H,19,20). The van der Waals surface area contributed by atoms with Crippen LogP contribution < -0.4 is 5.73 Å². The van der Waals surface area contributed by atoms with Crippen LogP contribution in [0.5, 0.6) is 0 Å². The topological polar surface area (TPSA) is 89.1 Å². The number of carbonyl (C=O) groups is 1. The first-order valence-electron chi connectivity index (χ1n) is 7.47. The van der Waals surface area contributed by atoms with Crippen LogP contribution in [-0.4, -0.2) is 21.0 Å². The Balaban J connectivity index is 1.71. The van der Waals surface area contributed by atoms with Crippen molar-refractivity contribution in [2.24, 2.45) is 23.7 Å². The van der Waals surface area contributed by atoms with Crippen molar-refractivity contribution < 1.29 is 9.90 Å². The maximum absolute atomic E-state index is 11.2. The van der Waals surface area contributed by atoms with E-state index >= 15 is 0 Å². The van der Waals surface area contributed by atoms with Crippen molar-refractivity contribution in [2.75, 3.05) is 5.73 Å². The van der Waals surface area contributed by atoms with Crippen molar-refractivity contribution >= 4 is 11.8 Å². The summed E-state index contributed by atoms with van der Waals surface area (Å²) in [5.41, 5.74) is 6.38. The van der Waals surface area contributed by atoms with Gasteiger partial charge in [-0.3, -0.25) is 0 Å². The molecule has 3 N–H and O–H groups in total. The molecular weight excluding hydrogens is 254 g/mol. The first-order chi connectivity index (χ1) is 9.61. The fraction of sp³-hybridized carbons (Fsp3) is 0.667. The van der Waals surface area contributed by atoms with Crippen molar-refractivity contribution in [1.82, 2.24) is 9.97 Å². The number of rotatable bonds is 2. The maximum atomic E-state index is 11.2. The number of nitrogens with two attached hydrogens (primary N) is 1. The third-order valence-corrected chi connectivity index (χ3v) is 5.59. The highest BCUT2D eigenvalue weighted by atomic mass is 16.4. The van der Waals surface area contributed by atoms with Gasteiger partial charge in [-0.1, -0.05) is 0 Å². The molecule has 0 saturated heterocycles. The smallest absolute Gasteiger partial charge is 0.358 e. The number of carboxylic acid groups (broad SMARTS) is 1. The summed E-state index contributed by atoms with van der Waals surface area (Å²) >= 11 is 0. The van der Waals surface area contributed by atoms with E-state index in [0.717, 1.165) is 17.5 Å². The summed E-state index contributed by atoms with van der Waals surface area (Å²) in [6.07, 6.45) is 8.25. The van der Waals surface area contributed by atoms with Crippen LogP contribution in [0.1, 0.15) is 54.2 Å². The van der Waals surface area contributed by atoms with Gasteiger partial charge in [0.1, 0.15) is 0 Å². The molecule has 0 unspecified atom stereocenters. The minimum absolute atomic E-state index is 0.0186. The van der Waals surface area contributed by atoms with Gasteiger partial charge in [0, 0.05) is 5.92 Å². The molecule has 20 heavy (non-hydrogen) atoms. The predicted octanol–water partition coefficient (Wildman–Crippen LogP) is 2.30. The minimum Gasteiger partial charge on any atom is -0.476 e. The Hall–Kier alpha value is -1.65. The van der Waals surface area contributed by atoms with Crippen LogP contribution in [0.25, 0.3) is 0 Å². The number of anilines is 1. The Kier molecular flexibility index (Phi) is 2.53. The summed E-state index contributed by atoms with van der Waals surface area (Å²) in [5, 5.41) is 9.16. The number of aromatic nitrogens is 2. The lowest BCUT2D eigenvalue weighted by molar-refractivity contribution is -0.00436. The third-order valence-electron chi connectivity index (χ3n) is 5.59. The minimum atomic E-state index is -1.08. The molecular formula is C15H19N3O2. The second-order valence-electron chi connectivity index (χ2n) is 6.79. The average Bonchev–Trinajstić information content (AvgIpc) is 2.38. The van der Waals surface area contributed by atoms with Gasteiger partial charge in [-0.05, 0) is 55.8 Å². The molecule has 1 heterocycles. The van der Waals surface area contributed by atoms with E-state index in [1.54, 1.807) is 6.20 Å². The number of hydrogen-bond acceptors (Lipinski definition) is 4. The van der Waals surface area contributed by atoms with Gasteiger partial charge in [0.25, 0.3) is 0 Å². The van der Waals surface area contributed by atoms with Gasteiger partial charge in [-0.25, -0.2) is 14.8 Å². The molecule has 1 aromatic rings. The van der Waals surface area contributed by atoms with E-state index < -0.39 is 5.97 Å². The summed E-state index contributed by atoms with van der Waals surface area (Å²) in [7, 11) is 0. The van der Waals surface area contributed by atoms with Gasteiger partial charge < -0.3 is 10.8 Å². The quantitative estimate of drug-likeness (QED) is 0.863. The maximum Gasteiger partial charge on any atom is 0.358 e. The molecule has 4 aliphatic carbocycles. The van der Waals surface area contributed by atoms with Gasteiger partial charge in [0.05, 0.1) is 11.9 Å². The first-order valence-corrected chi connectivity index (χ1v) is 7.47. The van der Waals surface area contributed by atoms with Crippen LogP contribution in [0.3, 0.4) is 0 Å². The molecule has 0 aliphatic heterocycles. The Labute approximate surface area is 117 Å². The molecule has 0 aromatic carbocycles. The van der Waals surface area contributed by atoms with Crippen LogP contribution >= 0.6 is 0 Å². The highest BCUT2D eigenvalue weighted by Crippen LogP contribution is 2.59. The number of nitrogen functional groups attached to an aromatic ring is 1. The van der Waals surface area contributed by atoms with Crippen LogP contribution in [0, 0.1) is 23.7 Å². The van der Waals surface area contributed by atoms with Crippen LogP contribution in [-0.2, 0) is 0 Å². The van der Waals surface area contributed by atoms with E-state index in [9.17, 15) is 4.79 Å². The van der Waals surface area contributed by atoms with Crippen molar-refractivity contribution in [3.63, 3.8) is 0 Å². The van der Waals surface area contributed by atoms with E-state index in [1.807, 2.05) is 0 Å².